The summed E-state index contributed by atoms with van der Waals surface area (Å²) < 4.78 is 86.6. The minimum absolute atomic E-state index is 0.0127. The zero-order chi connectivity index (χ0) is 28.4. The van der Waals surface area contributed by atoms with E-state index < -0.39 is 24.5 Å². The molecule has 3 fully saturated rings. The van der Waals surface area contributed by atoms with E-state index in [1.807, 2.05) is 18.2 Å². The van der Waals surface area contributed by atoms with E-state index in [0.29, 0.717) is 31.1 Å². The number of benzene rings is 1. The van der Waals surface area contributed by atoms with Crippen LogP contribution in [0.1, 0.15) is 38.2 Å². The van der Waals surface area contributed by atoms with Crippen molar-refractivity contribution in [2.75, 3.05) is 57.4 Å². The van der Waals surface area contributed by atoms with Crippen molar-refractivity contribution in [3.63, 3.8) is 0 Å². The first-order valence-electron chi connectivity index (χ1n) is 13.2. The number of amides is 1. The third kappa shape index (κ3) is 7.43. The van der Waals surface area contributed by atoms with Crippen LogP contribution >= 0.6 is 11.6 Å². The van der Waals surface area contributed by atoms with Gasteiger partial charge in [0.25, 0.3) is 6.10 Å². The second kappa shape index (κ2) is 11.9. The third-order valence-electron chi connectivity index (χ3n) is 7.85. The smallest absolute Gasteiger partial charge is 0.426 e. The minimum atomic E-state index is -5.74. The monoisotopic (exact) mass is 585 g/mol. The topological polar surface area (TPSA) is 45.2 Å². The molecule has 0 bridgehead atoms. The summed E-state index contributed by atoms with van der Waals surface area (Å²) in [7, 11) is 0. The van der Waals surface area contributed by atoms with Crippen LogP contribution in [0.15, 0.2) is 18.2 Å². The van der Waals surface area contributed by atoms with Gasteiger partial charge >= 0.3 is 18.4 Å². The summed E-state index contributed by atoms with van der Waals surface area (Å²) in [5.41, 5.74) is 2.31. The molecule has 1 unspecified atom stereocenters. The second-order valence-corrected chi connectivity index (χ2v) is 11.4. The van der Waals surface area contributed by atoms with Crippen LogP contribution in [-0.4, -0.2) is 86.8 Å². The molecule has 6 nitrogen and oxygen atoms in total. The molecule has 1 aromatic rings. The van der Waals surface area contributed by atoms with Gasteiger partial charge in [-0.3, -0.25) is 4.90 Å². The van der Waals surface area contributed by atoms with E-state index in [-0.39, 0.29) is 24.4 Å². The third-order valence-corrected chi connectivity index (χ3v) is 8.15. The predicted molar refractivity (Wildman–Crippen MR) is 134 cm³/mol. The van der Waals surface area contributed by atoms with Crippen molar-refractivity contribution in [1.82, 2.24) is 9.80 Å². The van der Waals surface area contributed by atoms with Crippen LogP contribution in [0.25, 0.3) is 0 Å². The SMILES string of the molecule is CC1CN(Cc2cccc(Cl)c2N2CCC3(CCOCC3)C2)CCCN(C(=O)OC(C(F)(F)F)C(F)(F)F)C1. The van der Waals surface area contributed by atoms with Crippen molar-refractivity contribution >= 4 is 23.4 Å². The Morgan fingerprint density at radius 3 is 2.44 bits per heavy atom. The van der Waals surface area contributed by atoms with Gasteiger partial charge in [0.05, 0.1) is 10.7 Å². The van der Waals surface area contributed by atoms with Gasteiger partial charge in [0.1, 0.15) is 0 Å². The number of alkyl halides is 6. The summed E-state index contributed by atoms with van der Waals surface area (Å²) in [6, 6.07) is 5.83. The lowest BCUT2D eigenvalue weighted by Crippen LogP contribution is -2.50. The Labute approximate surface area is 229 Å². The summed E-state index contributed by atoms with van der Waals surface area (Å²) in [6.07, 6.45) is -13.7. The molecule has 3 saturated heterocycles. The Morgan fingerprint density at radius 2 is 1.77 bits per heavy atom. The summed E-state index contributed by atoms with van der Waals surface area (Å²) in [4.78, 5) is 17.8. The first kappa shape index (κ1) is 30.0. The van der Waals surface area contributed by atoms with E-state index >= 15 is 0 Å². The van der Waals surface area contributed by atoms with Gasteiger partial charge < -0.3 is 19.3 Å². The number of carbonyl (C=O) groups excluding carboxylic acids is 1. The molecule has 220 valence electrons. The van der Waals surface area contributed by atoms with E-state index in [4.69, 9.17) is 16.3 Å². The van der Waals surface area contributed by atoms with Crippen LogP contribution in [0, 0.1) is 11.3 Å². The van der Waals surface area contributed by atoms with Crippen LogP contribution < -0.4 is 4.90 Å². The van der Waals surface area contributed by atoms with Crippen LogP contribution in [0.5, 0.6) is 0 Å². The number of rotatable bonds is 4. The number of carbonyl (C=O) groups is 1. The van der Waals surface area contributed by atoms with E-state index in [1.54, 1.807) is 6.92 Å². The fraction of sp³-hybridized carbons (Fsp3) is 0.731. The van der Waals surface area contributed by atoms with E-state index in [2.05, 4.69) is 14.5 Å². The Balaban J connectivity index is 1.40. The van der Waals surface area contributed by atoms with Gasteiger partial charge in [-0.25, -0.2) is 4.79 Å². The molecule has 0 radical (unpaired) electrons. The van der Waals surface area contributed by atoms with Crippen LogP contribution in [-0.2, 0) is 16.0 Å². The predicted octanol–water partition coefficient (Wildman–Crippen LogP) is 6.12. The zero-order valence-electron chi connectivity index (χ0n) is 21.8. The van der Waals surface area contributed by atoms with Crippen molar-refractivity contribution in [2.24, 2.45) is 11.3 Å². The highest BCUT2D eigenvalue weighted by molar-refractivity contribution is 6.33. The standard InChI is InChI=1S/C26H34ClF6N3O3/c1-18-14-34(9-3-10-35(15-18)23(37)39-22(25(28,29)30)26(31,32)33)16-19-4-2-5-20(27)21(19)36-11-6-24(17-36)7-12-38-13-8-24/h2,4-5,18,22H,3,6-17H2,1H3. The molecule has 0 saturated carbocycles. The van der Waals surface area contributed by atoms with Crippen LogP contribution in [0.2, 0.25) is 5.02 Å². The summed E-state index contributed by atoms with van der Waals surface area (Å²) in [6.45, 7) is 6.72. The molecule has 3 aliphatic rings. The number of hydrogen-bond acceptors (Lipinski definition) is 5. The molecule has 3 aliphatic heterocycles. The van der Waals surface area contributed by atoms with Gasteiger partial charge in [-0.15, -0.1) is 0 Å². The zero-order valence-corrected chi connectivity index (χ0v) is 22.5. The molecule has 0 aliphatic carbocycles. The van der Waals surface area contributed by atoms with Gasteiger partial charge in [0, 0.05) is 59.0 Å². The highest BCUT2D eigenvalue weighted by Crippen LogP contribution is 2.44. The maximum absolute atomic E-state index is 12.9. The first-order valence-corrected chi connectivity index (χ1v) is 13.6. The number of ether oxygens (including phenoxy) is 2. The molecule has 3 heterocycles. The molecular weight excluding hydrogens is 552 g/mol. The van der Waals surface area contributed by atoms with Crippen LogP contribution in [0.3, 0.4) is 0 Å². The van der Waals surface area contributed by atoms with Crippen molar-refractivity contribution < 1.29 is 40.6 Å². The molecule has 1 atom stereocenters. The van der Waals surface area contributed by atoms with Gasteiger partial charge in [0.15, 0.2) is 0 Å². The highest BCUT2D eigenvalue weighted by atomic mass is 35.5. The van der Waals surface area contributed by atoms with Crippen molar-refractivity contribution in [3.8, 4) is 0 Å². The molecule has 1 spiro atoms. The van der Waals surface area contributed by atoms with Crippen LogP contribution in [0.4, 0.5) is 36.8 Å². The largest absolute Gasteiger partial charge is 0.434 e. The van der Waals surface area contributed by atoms with E-state index in [9.17, 15) is 31.1 Å². The maximum Gasteiger partial charge on any atom is 0.434 e. The summed E-state index contributed by atoms with van der Waals surface area (Å²) in [5, 5.41) is 0.675. The Morgan fingerprint density at radius 1 is 1.08 bits per heavy atom. The number of para-hydroxylation sites is 1. The number of nitrogens with zero attached hydrogens (tertiary/aromatic N) is 3. The second-order valence-electron chi connectivity index (χ2n) is 11.0. The molecule has 1 amide bonds. The normalized spacial score (nSPS) is 23.3. The Hall–Kier alpha value is -1.92. The lowest BCUT2D eigenvalue weighted by Gasteiger charge is -2.36. The van der Waals surface area contributed by atoms with E-state index in [1.165, 1.54) is 0 Å². The van der Waals surface area contributed by atoms with Gasteiger partial charge in [-0.1, -0.05) is 30.7 Å². The summed E-state index contributed by atoms with van der Waals surface area (Å²) in [5.74, 6) is -0.215. The number of hydrogen-bond donors (Lipinski definition) is 0. The fourth-order valence-electron chi connectivity index (χ4n) is 5.97. The Bertz CT molecular complexity index is 988. The van der Waals surface area contributed by atoms with E-state index in [0.717, 1.165) is 61.7 Å². The average molecular weight is 586 g/mol. The lowest BCUT2D eigenvalue weighted by molar-refractivity contribution is -0.308. The van der Waals surface area contributed by atoms with Gasteiger partial charge in [-0.05, 0) is 48.6 Å². The first-order chi connectivity index (χ1) is 18.3. The summed E-state index contributed by atoms with van der Waals surface area (Å²) >= 11 is 6.70. The molecule has 1 aromatic carbocycles. The molecule has 13 heteroatoms. The number of anilines is 1. The lowest BCUT2D eigenvalue weighted by atomic mass is 9.80. The van der Waals surface area contributed by atoms with Gasteiger partial charge in [-0.2, -0.15) is 26.3 Å². The number of halogens is 7. The molecule has 39 heavy (non-hydrogen) atoms. The minimum Gasteiger partial charge on any atom is -0.426 e. The average Bonchev–Trinajstić information content (AvgIpc) is 3.21. The quantitative estimate of drug-likeness (QED) is 0.399. The fourth-order valence-corrected chi connectivity index (χ4v) is 6.28. The van der Waals surface area contributed by atoms with Crippen molar-refractivity contribution in [2.45, 2.75) is 57.6 Å². The van der Waals surface area contributed by atoms with Crippen molar-refractivity contribution in [1.29, 1.82) is 0 Å². The van der Waals surface area contributed by atoms with Crippen molar-refractivity contribution in [3.05, 3.63) is 28.8 Å². The Kier molecular flexibility index (Phi) is 9.17. The highest BCUT2D eigenvalue weighted by Gasteiger charge is 2.60. The maximum atomic E-state index is 12.9. The molecule has 0 N–H and O–H groups in total. The molecular formula is C26H34ClF6N3O3. The van der Waals surface area contributed by atoms with Gasteiger partial charge in [0.2, 0.25) is 0 Å². The molecule has 0 aromatic heterocycles. The molecule has 4 rings (SSSR count).